The van der Waals surface area contributed by atoms with E-state index < -0.39 is 11.1 Å². The van der Waals surface area contributed by atoms with Gasteiger partial charge in [-0.05, 0) is 26.3 Å². The average Bonchev–Trinajstić information content (AvgIpc) is 2.73. The van der Waals surface area contributed by atoms with Crippen molar-refractivity contribution in [3.63, 3.8) is 0 Å². The molecule has 0 N–H and O–H groups in total. The molecule has 0 spiro atoms. The van der Waals surface area contributed by atoms with E-state index in [1.165, 1.54) is 30.1 Å². The maximum Gasteiger partial charge on any atom is 0.270 e. The molecule has 1 aromatic carbocycles. The maximum absolute atomic E-state index is 12.8. The van der Waals surface area contributed by atoms with E-state index >= 15 is 0 Å². The molecule has 0 aromatic heterocycles. The molecule has 1 aliphatic heterocycles. The van der Waals surface area contributed by atoms with Gasteiger partial charge < -0.3 is 5.21 Å². The van der Waals surface area contributed by atoms with Crippen LogP contribution in [0.2, 0.25) is 0 Å². The molecular weight excluding hydrogens is 346 g/mol. The van der Waals surface area contributed by atoms with Gasteiger partial charge in [0, 0.05) is 24.2 Å². The summed E-state index contributed by atoms with van der Waals surface area (Å²) >= 11 is 6.96. The number of non-ortho nitro benzene ring substituents is 1. The van der Waals surface area contributed by atoms with E-state index in [1.807, 2.05) is 18.7 Å². The van der Waals surface area contributed by atoms with E-state index in [4.69, 9.17) is 12.2 Å². The van der Waals surface area contributed by atoms with Crippen molar-refractivity contribution in [2.75, 3.05) is 6.54 Å². The Labute approximate surface area is 151 Å². The van der Waals surface area contributed by atoms with E-state index in [1.54, 1.807) is 12.1 Å². The monoisotopic (exact) mass is 367 g/mol. The quantitative estimate of drug-likeness (QED) is 0.190. The predicted molar refractivity (Wildman–Crippen MR) is 102 cm³/mol. The zero-order chi connectivity index (χ0) is 17.9. The molecule has 1 saturated heterocycles. The van der Waals surface area contributed by atoms with E-state index in [0.717, 1.165) is 28.4 Å². The Morgan fingerprint density at radius 1 is 1.42 bits per heavy atom. The zero-order valence-corrected chi connectivity index (χ0v) is 15.6. The predicted octanol–water partition coefficient (Wildman–Crippen LogP) is 3.76. The number of hydrogen-bond donors (Lipinski definition) is 0. The summed E-state index contributed by atoms with van der Waals surface area (Å²) < 4.78 is 1.25. The Balaban J connectivity index is 2.33. The summed E-state index contributed by atoms with van der Waals surface area (Å²) in [4.78, 5) is 12.4. The molecule has 1 atom stereocenters. The van der Waals surface area contributed by atoms with Crippen LogP contribution in [0.4, 0.5) is 5.69 Å². The first-order chi connectivity index (χ1) is 11.3. The highest BCUT2D eigenvalue weighted by atomic mass is 32.2. The molecule has 1 fully saturated rings. The highest BCUT2D eigenvalue weighted by Crippen LogP contribution is 2.41. The average molecular weight is 367 g/mol. The molecule has 1 aromatic rings. The van der Waals surface area contributed by atoms with Crippen LogP contribution in [0.5, 0.6) is 0 Å². The van der Waals surface area contributed by atoms with Gasteiger partial charge in [-0.2, -0.15) is 4.74 Å². The number of nitro groups is 1. The Morgan fingerprint density at radius 3 is 2.75 bits per heavy atom. The second kappa shape index (κ2) is 7.48. The fourth-order valence-electron chi connectivity index (χ4n) is 2.73. The van der Waals surface area contributed by atoms with Crippen molar-refractivity contribution < 1.29 is 9.66 Å². The number of unbranched alkanes of at least 4 members (excludes halogenated alkanes) is 1. The fourth-order valence-corrected chi connectivity index (χ4v) is 4.66. The second-order valence-corrected chi connectivity index (χ2v) is 8.52. The van der Waals surface area contributed by atoms with Crippen molar-refractivity contribution in [1.82, 2.24) is 4.90 Å². The van der Waals surface area contributed by atoms with Crippen molar-refractivity contribution in [3.8, 4) is 0 Å². The first-order valence-corrected chi connectivity index (χ1v) is 9.03. The summed E-state index contributed by atoms with van der Waals surface area (Å²) in [6, 6.07) is 6.06. The molecule has 1 aliphatic rings. The molecule has 1 heterocycles. The number of nitro benzene ring substituents is 1. The topological polar surface area (TPSA) is 72.5 Å². The van der Waals surface area contributed by atoms with Crippen LogP contribution in [0, 0.1) is 15.3 Å². The van der Waals surface area contributed by atoms with Crippen LogP contribution >= 0.6 is 24.0 Å². The first-order valence-electron chi connectivity index (χ1n) is 7.80. The van der Waals surface area contributed by atoms with Gasteiger partial charge in [-0.1, -0.05) is 43.4 Å². The normalized spacial score (nSPS) is 20.5. The molecule has 24 heavy (non-hydrogen) atoms. The Kier molecular flexibility index (Phi) is 5.82. The second-order valence-electron chi connectivity index (χ2n) is 6.23. The van der Waals surface area contributed by atoms with E-state index in [0.29, 0.717) is 5.56 Å². The van der Waals surface area contributed by atoms with Gasteiger partial charge in [0.25, 0.3) is 11.9 Å². The minimum absolute atomic E-state index is 0.0319. The molecule has 6 nitrogen and oxygen atoms in total. The van der Waals surface area contributed by atoms with Crippen LogP contribution in [0.25, 0.3) is 0 Å². The van der Waals surface area contributed by atoms with Gasteiger partial charge in [-0.3, -0.25) is 15.0 Å². The summed E-state index contributed by atoms with van der Waals surface area (Å²) in [6.45, 7) is 6.81. The van der Waals surface area contributed by atoms with Crippen molar-refractivity contribution in [2.45, 2.75) is 44.5 Å². The summed E-state index contributed by atoms with van der Waals surface area (Å²) in [7, 11) is 0. The van der Waals surface area contributed by atoms with E-state index in [9.17, 15) is 15.3 Å². The van der Waals surface area contributed by atoms with Gasteiger partial charge in [0.1, 0.15) is 9.07 Å². The number of rotatable bonds is 6. The standard InChI is InChI=1S/C16H21N3O3S2/c1-4-5-9-17-14(16(2,3)24-15(17)23)18(20)11-12-7-6-8-13(10-12)19(21)22/h6-8,10-11,14H,4-5,9H2,1-3H3. The lowest BCUT2D eigenvalue weighted by Crippen LogP contribution is -2.48. The fraction of sp³-hybridized carbons (Fsp3) is 0.500. The molecule has 0 aliphatic carbocycles. The molecular formula is C16H21N3O3S2. The highest BCUT2D eigenvalue weighted by Gasteiger charge is 2.50. The van der Waals surface area contributed by atoms with Crippen LogP contribution in [-0.4, -0.2) is 42.6 Å². The highest BCUT2D eigenvalue weighted by molar-refractivity contribution is 8.24. The Morgan fingerprint density at radius 2 is 2.12 bits per heavy atom. The maximum atomic E-state index is 12.8. The lowest BCUT2D eigenvalue weighted by Gasteiger charge is -2.29. The molecule has 0 saturated carbocycles. The molecule has 0 radical (unpaired) electrons. The summed E-state index contributed by atoms with van der Waals surface area (Å²) in [6.07, 6.45) is 2.95. The molecule has 2 rings (SSSR count). The summed E-state index contributed by atoms with van der Waals surface area (Å²) in [5, 5.41) is 23.7. The Bertz CT molecular complexity index is 676. The number of hydroxylamine groups is 1. The van der Waals surface area contributed by atoms with Crippen molar-refractivity contribution in [1.29, 1.82) is 0 Å². The third kappa shape index (κ3) is 4.05. The third-order valence-corrected chi connectivity index (χ3v) is 5.48. The Hall–Kier alpha value is -1.67. The van der Waals surface area contributed by atoms with Gasteiger partial charge in [-0.15, -0.1) is 0 Å². The van der Waals surface area contributed by atoms with Gasteiger partial charge >= 0.3 is 0 Å². The molecule has 1 unspecified atom stereocenters. The van der Waals surface area contributed by atoms with Gasteiger partial charge in [0.15, 0.2) is 6.21 Å². The third-order valence-electron chi connectivity index (χ3n) is 3.85. The van der Waals surface area contributed by atoms with Crippen LogP contribution in [0.3, 0.4) is 0 Å². The van der Waals surface area contributed by atoms with Gasteiger partial charge in [-0.25, -0.2) is 0 Å². The van der Waals surface area contributed by atoms with Crippen LogP contribution in [0.15, 0.2) is 24.3 Å². The minimum atomic E-state index is -0.468. The summed E-state index contributed by atoms with van der Waals surface area (Å²) in [5.74, 6) is 0. The molecule has 8 heteroatoms. The van der Waals surface area contributed by atoms with Crippen LogP contribution < -0.4 is 0 Å². The molecule has 130 valence electrons. The van der Waals surface area contributed by atoms with Crippen LogP contribution in [-0.2, 0) is 0 Å². The minimum Gasteiger partial charge on any atom is -0.622 e. The van der Waals surface area contributed by atoms with E-state index in [-0.39, 0.29) is 10.4 Å². The molecule has 0 amide bonds. The number of hydrogen-bond acceptors (Lipinski definition) is 5. The number of thioether (sulfide) groups is 1. The van der Waals surface area contributed by atoms with Gasteiger partial charge in [0.2, 0.25) is 0 Å². The van der Waals surface area contributed by atoms with Crippen molar-refractivity contribution in [3.05, 3.63) is 45.2 Å². The van der Waals surface area contributed by atoms with Gasteiger partial charge in [0.05, 0.1) is 4.92 Å². The van der Waals surface area contributed by atoms with Crippen LogP contribution in [0.1, 0.15) is 39.2 Å². The van der Waals surface area contributed by atoms with E-state index in [2.05, 4.69) is 6.92 Å². The largest absolute Gasteiger partial charge is 0.622 e. The zero-order valence-electron chi connectivity index (χ0n) is 14.0. The van der Waals surface area contributed by atoms with Crippen molar-refractivity contribution in [2.24, 2.45) is 0 Å². The number of thiocarbonyl (C=S) groups is 1. The number of benzene rings is 1. The molecule has 0 bridgehead atoms. The smallest absolute Gasteiger partial charge is 0.270 e. The lowest BCUT2D eigenvalue weighted by atomic mass is 10.1. The van der Waals surface area contributed by atoms with Crippen molar-refractivity contribution >= 4 is 40.2 Å². The summed E-state index contributed by atoms with van der Waals surface area (Å²) in [5.41, 5.74) is 0.476. The lowest BCUT2D eigenvalue weighted by molar-refractivity contribution is -0.523. The SMILES string of the molecule is CCCCN1C(=S)SC(C)(C)C1[N+]([O-])=Cc1cccc([N+](=O)[O-])c1. The number of nitrogens with zero attached hydrogens (tertiary/aromatic N) is 3. The first kappa shape index (κ1) is 18.7.